The number of hydrogen-bond donors (Lipinski definition) is 2. The SMILES string of the molecule is CC(=O)O.C[Si](C)(CCCO)C(Br)c1ccccc1. The molecule has 1 rings (SSSR count). The van der Waals surface area contributed by atoms with Crippen molar-refractivity contribution in [3.05, 3.63) is 35.9 Å². The van der Waals surface area contributed by atoms with Crippen molar-refractivity contribution in [2.24, 2.45) is 0 Å². The molecular formula is C14H23BrO3Si. The van der Waals surface area contributed by atoms with Crippen molar-refractivity contribution in [2.75, 3.05) is 6.61 Å². The highest BCUT2D eigenvalue weighted by Crippen LogP contribution is 2.35. The molecule has 2 N–H and O–H groups in total. The van der Waals surface area contributed by atoms with Crippen LogP contribution in [0.2, 0.25) is 19.1 Å². The van der Waals surface area contributed by atoms with Gasteiger partial charge >= 0.3 is 0 Å². The van der Waals surface area contributed by atoms with E-state index in [1.165, 1.54) is 5.56 Å². The fourth-order valence-corrected chi connectivity index (χ4v) is 5.14. The van der Waals surface area contributed by atoms with E-state index in [0.717, 1.165) is 19.4 Å². The number of carboxylic acid groups (broad SMARTS) is 1. The van der Waals surface area contributed by atoms with Crippen LogP contribution in [0.15, 0.2) is 30.3 Å². The molecule has 1 atom stereocenters. The quantitative estimate of drug-likeness (QED) is 0.628. The number of aliphatic hydroxyl groups is 1. The summed E-state index contributed by atoms with van der Waals surface area (Å²) in [5.41, 5.74) is 1.37. The van der Waals surface area contributed by atoms with E-state index in [9.17, 15) is 0 Å². The maximum absolute atomic E-state index is 9.00. The Balaban J connectivity index is 0.000000711. The number of carboxylic acids is 1. The number of halogens is 1. The topological polar surface area (TPSA) is 57.5 Å². The highest BCUT2D eigenvalue weighted by atomic mass is 79.9. The first-order chi connectivity index (χ1) is 8.81. The van der Waals surface area contributed by atoms with Gasteiger partial charge in [0.2, 0.25) is 0 Å². The molecule has 0 aliphatic carbocycles. The molecule has 5 heteroatoms. The summed E-state index contributed by atoms with van der Waals surface area (Å²) >= 11 is 3.82. The normalized spacial score (nSPS) is 12.3. The lowest BCUT2D eigenvalue weighted by Gasteiger charge is -2.28. The molecule has 0 aromatic heterocycles. The molecule has 0 aliphatic rings. The van der Waals surface area contributed by atoms with Gasteiger partial charge in [0.25, 0.3) is 5.97 Å². The number of aliphatic hydroxyl groups excluding tert-OH is 1. The second kappa shape index (κ2) is 9.28. The summed E-state index contributed by atoms with van der Waals surface area (Å²) in [6.07, 6.45) is 0.925. The Bertz CT molecular complexity index is 364. The summed E-state index contributed by atoms with van der Waals surface area (Å²) in [6, 6.07) is 11.7. The van der Waals surface area contributed by atoms with Gasteiger partial charge in [0.1, 0.15) is 0 Å². The van der Waals surface area contributed by atoms with E-state index >= 15 is 0 Å². The van der Waals surface area contributed by atoms with Crippen LogP contribution in [-0.2, 0) is 4.79 Å². The Hall–Kier alpha value is -0.653. The van der Waals surface area contributed by atoms with Crippen LogP contribution in [0, 0.1) is 0 Å². The molecule has 0 bridgehead atoms. The van der Waals surface area contributed by atoms with Crippen LogP contribution in [-0.4, -0.2) is 30.9 Å². The Labute approximate surface area is 124 Å². The number of alkyl halides is 1. The molecule has 3 nitrogen and oxygen atoms in total. The lowest BCUT2D eigenvalue weighted by Crippen LogP contribution is -2.31. The second-order valence-electron chi connectivity index (χ2n) is 5.11. The zero-order valence-electron chi connectivity index (χ0n) is 11.8. The zero-order chi connectivity index (χ0) is 14.9. The van der Waals surface area contributed by atoms with Crippen molar-refractivity contribution in [3.63, 3.8) is 0 Å². The maximum atomic E-state index is 9.00. The Morgan fingerprint density at radius 1 is 1.32 bits per heavy atom. The smallest absolute Gasteiger partial charge is 0.300 e. The van der Waals surface area contributed by atoms with Gasteiger partial charge in [-0.2, -0.15) is 0 Å². The summed E-state index contributed by atoms with van der Waals surface area (Å²) in [6.45, 7) is 6.13. The lowest BCUT2D eigenvalue weighted by atomic mass is 10.2. The van der Waals surface area contributed by atoms with E-state index in [0.29, 0.717) is 11.1 Å². The Morgan fingerprint density at radius 3 is 2.21 bits per heavy atom. The van der Waals surface area contributed by atoms with Crippen LogP contribution >= 0.6 is 15.9 Å². The van der Waals surface area contributed by atoms with Crippen molar-refractivity contribution in [1.29, 1.82) is 0 Å². The summed E-state index contributed by atoms with van der Waals surface area (Å²) < 4.78 is 0.484. The summed E-state index contributed by atoms with van der Waals surface area (Å²) in [5.74, 6) is -0.833. The first-order valence-corrected chi connectivity index (χ1v) is 10.5. The average Bonchev–Trinajstić information content (AvgIpc) is 2.36. The molecule has 0 aliphatic heterocycles. The van der Waals surface area contributed by atoms with Gasteiger partial charge in [-0.25, -0.2) is 0 Å². The van der Waals surface area contributed by atoms with Gasteiger partial charge in [-0.05, 0) is 12.0 Å². The molecule has 1 unspecified atom stereocenters. The average molecular weight is 347 g/mol. The summed E-state index contributed by atoms with van der Waals surface area (Å²) in [4.78, 5) is 9.00. The first kappa shape index (κ1) is 18.3. The third-order valence-corrected chi connectivity index (χ3v) is 10.4. The summed E-state index contributed by atoms with van der Waals surface area (Å²) in [5, 5.41) is 16.3. The molecule has 0 spiro atoms. The maximum Gasteiger partial charge on any atom is 0.300 e. The fraction of sp³-hybridized carbons (Fsp3) is 0.500. The zero-order valence-corrected chi connectivity index (χ0v) is 14.4. The van der Waals surface area contributed by atoms with Crippen LogP contribution in [0.25, 0.3) is 0 Å². The monoisotopic (exact) mass is 346 g/mol. The largest absolute Gasteiger partial charge is 0.481 e. The van der Waals surface area contributed by atoms with Crippen molar-refractivity contribution in [1.82, 2.24) is 0 Å². The fourth-order valence-electron chi connectivity index (χ4n) is 1.73. The van der Waals surface area contributed by atoms with Crippen molar-refractivity contribution < 1.29 is 15.0 Å². The predicted octanol–water partition coefficient (Wildman–Crippen LogP) is 3.84. The van der Waals surface area contributed by atoms with E-state index < -0.39 is 14.0 Å². The molecule has 108 valence electrons. The van der Waals surface area contributed by atoms with Crippen molar-refractivity contribution in [3.8, 4) is 0 Å². The minimum Gasteiger partial charge on any atom is -0.481 e. The molecule has 1 aromatic rings. The standard InChI is InChI=1S/C12H19BrOSi.C2H4O2/c1-15(2,10-6-9-14)12(13)11-7-4-3-5-8-11;1-2(3)4/h3-5,7-8,12,14H,6,9-10H2,1-2H3;1H3,(H,3,4). The van der Waals surface area contributed by atoms with E-state index in [2.05, 4.69) is 53.3 Å². The minimum absolute atomic E-state index is 0.310. The molecular weight excluding hydrogens is 324 g/mol. The van der Waals surface area contributed by atoms with E-state index in [4.69, 9.17) is 15.0 Å². The highest BCUT2D eigenvalue weighted by molar-refractivity contribution is 9.09. The summed E-state index contributed by atoms with van der Waals surface area (Å²) in [7, 11) is -1.31. The van der Waals surface area contributed by atoms with Crippen molar-refractivity contribution >= 4 is 30.0 Å². The van der Waals surface area contributed by atoms with Gasteiger partial charge in [0.15, 0.2) is 0 Å². The van der Waals surface area contributed by atoms with Crippen LogP contribution in [0.1, 0.15) is 23.4 Å². The van der Waals surface area contributed by atoms with Crippen LogP contribution in [0.4, 0.5) is 0 Å². The minimum atomic E-state index is -1.31. The molecule has 0 saturated heterocycles. The van der Waals surface area contributed by atoms with Gasteiger partial charge in [-0.15, -0.1) is 0 Å². The molecule has 0 heterocycles. The number of rotatable bonds is 5. The number of aliphatic carboxylic acids is 1. The van der Waals surface area contributed by atoms with Crippen LogP contribution in [0.5, 0.6) is 0 Å². The van der Waals surface area contributed by atoms with E-state index in [-0.39, 0.29) is 0 Å². The second-order valence-corrected chi connectivity index (χ2v) is 11.9. The van der Waals surface area contributed by atoms with E-state index in [1.54, 1.807) is 0 Å². The highest BCUT2D eigenvalue weighted by Gasteiger charge is 2.30. The number of carbonyl (C=O) groups is 1. The van der Waals surface area contributed by atoms with Gasteiger partial charge in [-0.3, -0.25) is 4.79 Å². The van der Waals surface area contributed by atoms with E-state index in [1.807, 2.05) is 6.07 Å². The van der Waals surface area contributed by atoms with Gasteiger partial charge < -0.3 is 10.2 Å². The molecule has 0 fully saturated rings. The molecule has 0 radical (unpaired) electrons. The molecule has 1 aromatic carbocycles. The van der Waals surface area contributed by atoms with Gasteiger partial charge in [0.05, 0.1) is 8.07 Å². The molecule has 19 heavy (non-hydrogen) atoms. The number of hydrogen-bond acceptors (Lipinski definition) is 2. The first-order valence-electron chi connectivity index (χ1n) is 6.30. The van der Waals surface area contributed by atoms with Gasteiger partial charge in [-0.1, -0.05) is 65.4 Å². The van der Waals surface area contributed by atoms with Gasteiger partial charge in [0, 0.05) is 18.0 Å². The van der Waals surface area contributed by atoms with Crippen molar-refractivity contribution in [2.45, 2.75) is 36.9 Å². The Morgan fingerprint density at radius 2 is 1.79 bits per heavy atom. The van der Waals surface area contributed by atoms with Crippen LogP contribution in [0.3, 0.4) is 0 Å². The third kappa shape index (κ3) is 8.18. The lowest BCUT2D eigenvalue weighted by molar-refractivity contribution is -0.134. The molecule has 0 saturated carbocycles. The third-order valence-electron chi connectivity index (χ3n) is 2.76. The van der Waals surface area contributed by atoms with Crippen LogP contribution < -0.4 is 0 Å². The molecule has 0 amide bonds. The number of benzene rings is 1. The Kier molecular flexibility index (Phi) is 8.96. The predicted molar refractivity (Wildman–Crippen MR) is 85.4 cm³/mol.